The number of hydrogen-bond acceptors (Lipinski definition) is 6. The summed E-state index contributed by atoms with van der Waals surface area (Å²) in [5, 5.41) is 7.15. The fraction of sp³-hybridized carbons (Fsp3) is 0.524. The topological polar surface area (TPSA) is 78.4 Å². The zero-order chi connectivity index (χ0) is 19.8. The van der Waals surface area contributed by atoms with Crippen molar-refractivity contribution < 1.29 is 9.59 Å². The minimum Gasteiger partial charge on any atom is -0.355 e. The highest BCUT2D eigenvalue weighted by Gasteiger charge is 2.52. The van der Waals surface area contributed by atoms with Crippen molar-refractivity contribution in [2.45, 2.75) is 44.3 Å². The molecule has 5 rings (SSSR count). The Morgan fingerprint density at radius 3 is 2.97 bits per heavy atom. The first kappa shape index (κ1) is 18.5. The van der Waals surface area contributed by atoms with Crippen molar-refractivity contribution in [2.75, 3.05) is 18.0 Å². The van der Waals surface area contributed by atoms with Crippen LogP contribution in [0.2, 0.25) is 0 Å². The van der Waals surface area contributed by atoms with Gasteiger partial charge in [0.2, 0.25) is 11.8 Å². The van der Waals surface area contributed by atoms with E-state index in [1.807, 2.05) is 21.7 Å². The minimum absolute atomic E-state index is 0.0269. The summed E-state index contributed by atoms with van der Waals surface area (Å²) in [6.45, 7) is 2.10. The molecule has 0 spiro atoms. The zero-order valence-electron chi connectivity index (χ0n) is 16.2. The van der Waals surface area contributed by atoms with E-state index in [0.29, 0.717) is 18.9 Å². The van der Waals surface area contributed by atoms with Crippen molar-refractivity contribution in [1.29, 1.82) is 0 Å². The summed E-state index contributed by atoms with van der Waals surface area (Å²) in [6.07, 6.45) is 8.61. The van der Waals surface area contributed by atoms with Gasteiger partial charge in [0.25, 0.3) is 0 Å². The molecule has 2 bridgehead atoms. The molecule has 0 aromatic carbocycles. The Balaban J connectivity index is 1.41. The molecule has 2 aromatic rings. The predicted molar refractivity (Wildman–Crippen MR) is 110 cm³/mol. The van der Waals surface area contributed by atoms with E-state index in [4.69, 9.17) is 0 Å². The van der Waals surface area contributed by atoms with Gasteiger partial charge in [-0.2, -0.15) is 11.3 Å². The van der Waals surface area contributed by atoms with Crippen LogP contribution in [0.4, 0.5) is 5.82 Å². The van der Waals surface area contributed by atoms with Gasteiger partial charge in [0, 0.05) is 50.4 Å². The van der Waals surface area contributed by atoms with Crippen LogP contribution in [0.15, 0.2) is 35.4 Å². The lowest BCUT2D eigenvalue weighted by Crippen LogP contribution is -2.68. The third-order valence-corrected chi connectivity index (χ3v) is 7.26. The molecule has 4 atom stereocenters. The lowest BCUT2D eigenvalue weighted by atomic mass is 9.71. The number of fused-ring (bicyclic) bond motifs is 4. The lowest BCUT2D eigenvalue weighted by Gasteiger charge is -2.56. The highest BCUT2D eigenvalue weighted by Crippen LogP contribution is 2.42. The van der Waals surface area contributed by atoms with E-state index < -0.39 is 6.04 Å². The Bertz CT molecular complexity index is 874. The molecule has 29 heavy (non-hydrogen) atoms. The number of anilines is 1. The maximum Gasteiger partial charge on any atom is 0.243 e. The largest absolute Gasteiger partial charge is 0.355 e. The van der Waals surface area contributed by atoms with Crippen LogP contribution >= 0.6 is 11.3 Å². The first-order valence-corrected chi connectivity index (χ1v) is 11.3. The van der Waals surface area contributed by atoms with Gasteiger partial charge in [0.15, 0.2) is 0 Å². The monoisotopic (exact) mass is 411 g/mol. The molecule has 3 saturated heterocycles. The molecule has 2 amide bonds. The Morgan fingerprint density at radius 2 is 2.17 bits per heavy atom. The normalized spacial score (nSPS) is 28.8. The Labute approximate surface area is 174 Å². The molecule has 3 aliphatic rings. The highest BCUT2D eigenvalue weighted by atomic mass is 32.1. The molecule has 1 N–H and O–H groups in total. The number of amides is 2. The molecule has 2 aromatic heterocycles. The smallest absolute Gasteiger partial charge is 0.243 e. The van der Waals surface area contributed by atoms with Gasteiger partial charge < -0.3 is 15.1 Å². The van der Waals surface area contributed by atoms with Crippen LogP contribution in [0.25, 0.3) is 0 Å². The van der Waals surface area contributed by atoms with Crippen molar-refractivity contribution in [2.24, 2.45) is 11.8 Å². The van der Waals surface area contributed by atoms with E-state index in [2.05, 4.69) is 20.2 Å². The number of carbonyl (C=O) groups is 2. The lowest BCUT2D eigenvalue weighted by molar-refractivity contribution is -0.156. The summed E-state index contributed by atoms with van der Waals surface area (Å²) in [4.78, 5) is 39.0. The second kappa shape index (κ2) is 7.74. The quantitative estimate of drug-likeness (QED) is 0.833. The molecule has 0 aliphatic carbocycles. The Kier molecular flexibility index (Phi) is 4.95. The number of thiophene rings is 1. The summed E-state index contributed by atoms with van der Waals surface area (Å²) < 4.78 is 0. The molecule has 3 aliphatic heterocycles. The van der Waals surface area contributed by atoms with Crippen molar-refractivity contribution in [3.63, 3.8) is 0 Å². The number of hydrogen-bond donors (Lipinski definition) is 1. The molecule has 0 radical (unpaired) electrons. The fourth-order valence-electron chi connectivity index (χ4n) is 5.32. The number of nitrogens with one attached hydrogen (secondary N) is 1. The Hall–Kier alpha value is -2.48. The minimum atomic E-state index is -0.401. The van der Waals surface area contributed by atoms with Crippen LogP contribution in [-0.2, 0) is 16.1 Å². The standard InChI is InChI=1S/C21H25N5O2S/c27-19-3-1-2-17-15-8-16(12-25(11-15)18-10-22-5-6-23-18)20(26(17)19)21(28)24-9-14-4-7-29-13-14/h4-7,10,13,15-17,20H,1-3,8-9,11-12H2,(H,24,28)/t15-,16+,17+,20-/m1/s1. The summed E-state index contributed by atoms with van der Waals surface area (Å²) in [7, 11) is 0. The van der Waals surface area contributed by atoms with Gasteiger partial charge in [-0.3, -0.25) is 14.6 Å². The van der Waals surface area contributed by atoms with Crippen molar-refractivity contribution in [3.8, 4) is 0 Å². The van der Waals surface area contributed by atoms with Crippen molar-refractivity contribution in [1.82, 2.24) is 20.2 Å². The van der Waals surface area contributed by atoms with Gasteiger partial charge in [0.05, 0.1) is 6.20 Å². The van der Waals surface area contributed by atoms with Gasteiger partial charge in [-0.05, 0) is 47.6 Å². The molecular formula is C21H25N5O2S. The Morgan fingerprint density at radius 1 is 1.28 bits per heavy atom. The van der Waals surface area contributed by atoms with Crippen LogP contribution in [-0.4, -0.2) is 51.9 Å². The van der Waals surface area contributed by atoms with Crippen molar-refractivity contribution >= 4 is 29.0 Å². The molecular weight excluding hydrogens is 386 g/mol. The molecule has 5 heterocycles. The molecule has 7 nitrogen and oxygen atoms in total. The molecule has 0 saturated carbocycles. The molecule has 8 heteroatoms. The number of aromatic nitrogens is 2. The van der Waals surface area contributed by atoms with E-state index >= 15 is 0 Å². The number of piperidine rings is 3. The first-order chi connectivity index (χ1) is 14.2. The van der Waals surface area contributed by atoms with E-state index in [-0.39, 0.29) is 23.8 Å². The maximum atomic E-state index is 13.3. The SMILES string of the molecule is O=C(NCc1ccsc1)[C@H]1[C@H]2C[C@H](CN(c3cnccn3)C2)[C@@H]2CCCC(=O)N21. The predicted octanol–water partition coefficient (Wildman–Crippen LogP) is 2.06. The van der Waals surface area contributed by atoms with E-state index in [0.717, 1.165) is 43.7 Å². The second-order valence-electron chi connectivity index (χ2n) is 8.28. The number of rotatable bonds is 4. The van der Waals surface area contributed by atoms with Gasteiger partial charge in [-0.1, -0.05) is 0 Å². The number of carbonyl (C=O) groups excluding carboxylic acids is 2. The van der Waals surface area contributed by atoms with Crippen LogP contribution < -0.4 is 10.2 Å². The second-order valence-corrected chi connectivity index (χ2v) is 9.06. The van der Waals surface area contributed by atoms with Crippen molar-refractivity contribution in [3.05, 3.63) is 41.0 Å². The van der Waals surface area contributed by atoms with Crippen LogP contribution in [0.5, 0.6) is 0 Å². The summed E-state index contributed by atoms with van der Waals surface area (Å²) >= 11 is 1.62. The van der Waals surface area contributed by atoms with E-state index in [1.54, 1.807) is 29.9 Å². The van der Waals surface area contributed by atoms with Crippen LogP contribution in [0.3, 0.4) is 0 Å². The molecule has 152 valence electrons. The average Bonchev–Trinajstić information content (AvgIpc) is 3.27. The van der Waals surface area contributed by atoms with E-state index in [9.17, 15) is 9.59 Å². The number of nitrogens with zero attached hydrogens (tertiary/aromatic N) is 4. The fourth-order valence-corrected chi connectivity index (χ4v) is 5.99. The molecule has 3 fully saturated rings. The zero-order valence-corrected chi connectivity index (χ0v) is 17.1. The average molecular weight is 412 g/mol. The summed E-state index contributed by atoms with van der Waals surface area (Å²) in [6, 6.07) is 1.76. The van der Waals surface area contributed by atoms with Gasteiger partial charge in [0.1, 0.15) is 11.9 Å². The highest BCUT2D eigenvalue weighted by molar-refractivity contribution is 7.07. The van der Waals surface area contributed by atoms with Gasteiger partial charge in [-0.15, -0.1) is 0 Å². The molecule has 0 unspecified atom stereocenters. The maximum absolute atomic E-state index is 13.3. The van der Waals surface area contributed by atoms with Crippen LogP contribution in [0.1, 0.15) is 31.2 Å². The van der Waals surface area contributed by atoms with E-state index in [1.165, 1.54) is 0 Å². The van der Waals surface area contributed by atoms with Crippen LogP contribution in [0, 0.1) is 11.8 Å². The summed E-state index contributed by atoms with van der Waals surface area (Å²) in [5.41, 5.74) is 1.10. The summed E-state index contributed by atoms with van der Waals surface area (Å²) in [5.74, 6) is 1.45. The third-order valence-electron chi connectivity index (χ3n) is 6.53. The van der Waals surface area contributed by atoms with Gasteiger partial charge >= 0.3 is 0 Å². The third kappa shape index (κ3) is 3.50. The van der Waals surface area contributed by atoms with Gasteiger partial charge in [-0.25, -0.2) is 4.98 Å². The first-order valence-electron chi connectivity index (χ1n) is 10.3.